The van der Waals surface area contributed by atoms with Gasteiger partial charge in [0.25, 0.3) is 11.6 Å². The third kappa shape index (κ3) is 3.39. The van der Waals surface area contributed by atoms with Crippen LogP contribution in [0.4, 0.5) is 0 Å². The number of fused-ring (bicyclic) bond motifs is 1. The Kier molecular flexibility index (Phi) is 4.66. The fourth-order valence-corrected chi connectivity index (χ4v) is 2.51. The average molecular weight is 354 g/mol. The Balaban J connectivity index is 1.76. The molecule has 0 spiro atoms. The van der Waals surface area contributed by atoms with E-state index in [0.717, 1.165) is 11.4 Å². The van der Waals surface area contributed by atoms with E-state index in [-0.39, 0.29) is 11.6 Å². The summed E-state index contributed by atoms with van der Waals surface area (Å²) >= 11 is 0. The number of aromatic nitrogens is 4. The number of nitrogens with zero attached hydrogens (tertiary/aromatic N) is 4. The number of rotatable bonds is 5. The van der Waals surface area contributed by atoms with Crippen LogP contribution in [0, 0.1) is 13.8 Å². The van der Waals surface area contributed by atoms with Crippen molar-refractivity contribution >= 4 is 17.5 Å². The minimum absolute atomic E-state index is 0.138. The molecule has 8 nitrogen and oxygen atoms in total. The highest BCUT2D eigenvalue weighted by Gasteiger charge is 2.23. The van der Waals surface area contributed by atoms with Crippen molar-refractivity contribution in [2.45, 2.75) is 26.9 Å². The van der Waals surface area contributed by atoms with Crippen molar-refractivity contribution < 1.29 is 19.1 Å². The number of Topliss-reactive ketones (excluding diaryl/α,β-unsaturated/α-hetero) is 1. The summed E-state index contributed by atoms with van der Waals surface area (Å²) < 4.78 is 11.7. The van der Waals surface area contributed by atoms with Crippen LogP contribution in [-0.2, 0) is 4.74 Å². The molecule has 0 radical (unpaired) electrons. The van der Waals surface area contributed by atoms with Gasteiger partial charge in [-0.25, -0.2) is 14.3 Å². The largest absolute Gasteiger partial charge is 0.497 e. The predicted molar refractivity (Wildman–Crippen MR) is 92.5 cm³/mol. The summed E-state index contributed by atoms with van der Waals surface area (Å²) in [5.41, 5.74) is 1.98. The molecule has 134 valence electrons. The molecule has 8 heteroatoms. The maximum atomic E-state index is 12.4. The Morgan fingerprint density at radius 2 is 1.81 bits per heavy atom. The van der Waals surface area contributed by atoms with Gasteiger partial charge in [-0.2, -0.15) is 4.98 Å². The first kappa shape index (κ1) is 17.5. The van der Waals surface area contributed by atoms with Crippen molar-refractivity contribution in [1.29, 1.82) is 0 Å². The lowest BCUT2D eigenvalue weighted by molar-refractivity contribution is 0.0307. The molecule has 0 aliphatic rings. The van der Waals surface area contributed by atoms with Gasteiger partial charge in [-0.15, -0.1) is 5.10 Å². The number of benzene rings is 1. The first-order valence-corrected chi connectivity index (χ1v) is 7.99. The molecule has 2 aromatic heterocycles. The minimum atomic E-state index is -0.974. The number of ether oxygens (including phenoxy) is 2. The first-order valence-electron chi connectivity index (χ1n) is 7.99. The maximum Gasteiger partial charge on any atom is 0.379 e. The van der Waals surface area contributed by atoms with Gasteiger partial charge in [0.1, 0.15) is 5.75 Å². The monoisotopic (exact) mass is 354 g/mol. The van der Waals surface area contributed by atoms with Crippen molar-refractivity contribution in [2.24, 2.45) is 0 Å². The highest BCUT2D eigenvalue weighted by molar-refractivity contribution is 6.01. The van der Waals surface area contributed by atoms with Crippen molar-refractivity contribution in [3.05, 3.63) is 53.1 Å². The summed E-state index contributed by atoms with van der Waals surface area (Å²) in [5, 5.41) is 4.10. The molecular formula is C18H18N4O4. The summed E-state index contributed by atoms with van der Waals surface area (Å²) in [5.74, 6) is -0.292. The SMILES string of the molecule is COc1ccc(C(=O)[C@@H](C)OC(=O)c2nc3nc(C)cc(C)n3n2)cc1. The summed E-state index contributed by atoms with van der Waals surface area (Å²) in [6.07, 6.45) is -0.974. The van der Waals surface area contributed by atoms with Crippen LogP contribution in [0.15, 0.2) is 30.3 Å². The lowest BCUT2D eigenvalue weighted by Crippen LogP contribution is -2.25. The van der Waals surface area contributed by atoms with Crippen molar-refractivity contribution in [3.63, 3.8) is 0 Å². The van der Waals surface area contributed by atoms with E-state index in [1.165, 1.54) is 11.4 Å². The molecule has 0 saturated heterocycles. The number of methoxy groups -OCH3 is 1. The molecule has 0 fully saturated rings. The Morgan fingerprint density at radius 1 is 1.12 bits per heavy atom. The standard InChI is InChI=1S/C18H18N4O4/c1-10-9-11(2)22-18(19-10)20-16(21-22)17(24)26-12(3)15(23)13-5-7-14(25-4)8-6-13/h5-9,12H,1-4H3/t12-/m1/s1. The van der Waals surface area contributed by atoms with E-state index in [1.54, 1.807) is 31.4 Å². The summed E-state index contributed by atoms with van der Waals surface area (Å²) in [4.78, 5) is 33.0. The first-order chi connectivity index (χ1) is 12.4. The van der Waals surface area contributed by atoms with Crippen LogP contribution < -0.4 is 4.74 Å². The molecule has 3 rings (SSSR count). The topological polar surface area (TPSA) is 95.7 Å². The molecule has 0 bridgehead atoms. The second kappa shape index (κ2) is 6.91. The van der Waals surface area contributed by atoms with Gasteiger partial charge >= 0.3 is 5.97 Å². The third-order valence-corrected chi connectivity index (χ3v) is 3.83. The van der Waals surface area contributed by atoms with Crippen LogP contribution in [0.25, 0.3) is 5.78 Å². The van der Waals surface area contributed by atoms with E-state index in [2.05, 4.69) is 15.1 Å². The van der Waals surface area contributed by atoms with Gasteiger partial charge in [-0.05, 0) is 51.1 Å². The zero-order chi connectivity index (χ0) is 18.8. The van der Waals surface area contributed by atoms with Crippen LogP contribution in [0.5, 0.6) is 5.75 Å². The molecule has 2 heterocycles. The fraction of sp³-hybridized carbons (Fsp3) is 0.278. The normalized spacial score (nSPS) is 12.0. The van der Waals surface area contributed by atoms with E-state index in [0.29, 0.717) is 17.1 Å². The van der Waals surface area contributed by atoms with Gasteiger partial charge < -0.3 is 9.47 Å². The molecule has 0 unspecified atom stereocenters. The van der Waals surface area contributed by atoms with Gasteiger partial charge in [-0.3, -0.25) is 4.79 Å². The lowest BCUT2D eigenvalue weighted by Gasteiger charge is -2.11. The number of carbonyl (C=O) groups is 2. The van der Waals surface area contributed by atoms with Gasteiger partial charge in [0.15, 0.2) is 6.10 Å². The van der Waals surface area contributed by atoms with Crippen LogP contribution in [0.1, 0.15) is 39.3 Å². The van der Waals surface area contributed by atoms with E-state index in [4.69, 9.17) is 9.47 Å². The van der Waals surface area contributed by atoms with Crippen LogP contribution >= 0.6 is 0 Å². The van der Waals surface area contributed by atoms with E-state index in [9.17, 15) is 9.59 Å². The minimum Gasteiger partial charge on any atom is -0.497 e. The molecule has 26 heavy (non-hydrogen) atoms. The number of ketones is 1. The fourth-order valence-electron chi connectivity index (χ4n) is 2.51. The van der Waals surface area contributed by atoms with Crippen molar-refractivity contribution in [3.8, 4) is 5.75 Å². The van der Waals surface area contributed by atoms with Gasteiger partial charge in [0, 0.05) is 17.0 Å². The molecule has 1 atom stereocenters. The van der Waals surface area contributed by atoms with E-state index >= 15 is 0 Å². The van der Waals surface area contributed by atoms with Crippen LogP contribution in [0.3, 0.4) is 0 Å². The highest BCUT2D eigenvalue weighted by Crippen LogP contribution is 2.14. The number of hydrogen-bond acceptors (Lipinski definition) is 7. The number of aryl methyl sites for hydroxylation is 2. The van der Waals surface area contributed by atoms with E-state index in [1.807, 2.05) is 19.9 Å². The zero-order valence-electron chi connectivity index (χ0n) is 14.9. The van der Waals surface area contributed by atoms with Crippen molar-refractivity contribution in [1.82, 2.24) is 19.6 Å². The van der Waals surface area contributed by atoms with Crippen molar-refractivity contribution in [2.75, 3.05) is 7.11 Å². The molecule has 0 N–H and O–H groups in total. The second-order valence-electron chi connectivity index (χ2n) is 5.83. The average Bonchev–Trinajstić information content (AvgIpc) is 3.05. The lowest BCUT2D eigenvalue weighted by atomic mass is 10.1. The Bertz CT molecular complexity index is 979. The molecule has 3 aromatic rings. The molecule has 0 saturated carbocycles. The Labute approximate surface area is 149 Å². The summed E-state index contributed by atoms with van der Waals surface area (Å²) in [7, 11) is 1.54. The number of esters is 1. The van der Waals surface area contributed by atoms with Crippen LogP contribution in [0.2, 0.25) is 0 Å². The van der Waals surface area contributed by atoms with Gasteiger partial charge in [0.2, 0.25) is 5.78 Å². The molecular weight excluding hydrogens is 336 g/mol. The maximum absolute atomic E-state index is 12.4. The highest BCUT2D eigenvalue weighted by atomic mass is 16.5. The molecule has 0 amide bonds. The number of carbonyl (C=O) groups excluding carboxylic acids is 2. The smallest absolute Gasteiger partial charge is 0.379 e. The van der Waals surface area contributed by atoms with Crippen LogP contribution in [-0.4, -0.2) is 44.5 Å². The predicted octanol–water partition coefficient (Wildman–Crippen LogP) is 2.18. The zero-order valence-corrected chi connectivity index (χ0v) is 14.9. The number of hydrogen-bond donors (Lipinski definition) is 0. The van der Waals surface area contributed by atoms with Gasteiger partial charge in [0.05, 0.1) is 7.11 Å². The van der Waals surface area contributed by atoms with Gasteiger partial charge in [-0.1, -0.05) is 0 Å². The second-order valence-corrected chi connectivity index (χ2v) is 5.83. The molecule has 1 aromatic carbocycles. The Hall–Kier alpha value is -3.29. The summed E-state index contributed by atoms with van der Waals surface area (Å²) in [6.45, 7) is 5.17. The summed E-state index contributed by atoms with van der Waals surface area (Å²) in [6, 6.07) is 8.40. The molecule has 0 aliphatic heterocycles. The quantitative estimate of drug-likeness (QED) is 0.512. The molecule has 0 aliphatic carbocycles. The van der Waals surface area contributed by atoms with E-state index < -0.39 is 12.1 Å². The third-order valence-electron chi connectivity index (χ3n) is 3.83. The Morgan fingerprint density at radius 3 is 2.46 bits per heavy atom.